The highest BCUT2D eigenvalue weighted by Gasteiger charge is 2.48. The molecule has 3 aliphatic heterocycles. The maximum Gasteiger partial charge on any atom is 0.0721 e. The van der Waals surface area contributed by atoms with Crippen LogP contribution in [0.15, 0.2) is 0 Å². The lowest BCUT2D eigenvalue weighted by Gasteiger charge is -2.31. The maximum absolute atomic E-state index is 6.17. The van der Waals surface area contributed by atoms with E-state index in [1.54, 1.807) is 0 Å². The lowest BCUT2D eigenvalue weighted by molar-refractivity contribution is 0.00237. The molecule has 0 aromatic carbocycles. The SMILES string of the molecule is CCOCC12CCCN1CC(OCCN1CCOCC1)C2. The summed E-state index contributed by atoms with van der Waals surface area (Å²) in [5.74, 6) is 0. The van der Waals surface area contributed by atoms with Crippen LogP contribution in [0, 0.1) is 0 Å². The number of fused-ring (bicyclic) bond motifs is 1. The van der Waals surface area contributed by atoms with Crippen molar-refractivity contribution >= 4 is 0 Å². The van der Waals surface area contributed by atoms with Gasteiger partial charge in [-0.1, -0.05) is 0 Å². The first-order valence-electron chi connectivity index (χ1n) is 8.57. The second-order valence-corrected chi connectivity index (χ2v) is 6.56. The molecule has 0 saturated carbocycles. The molecule has 0 radical (unpaired) electrons. The average molecular weight is 298 g/mol. The number of ether oxygens (including phenoxy) is 3. The Morgan fingerprint density at radius 1 is 1.24 bits per heavy atom. The Morgan fingerprint density at radius 3 is 2.90 bits per heavy atom. The molecule has 3 saturated heterocycles. The molecular weight excluding hydrogens is 268 g/mol. The van der Waals surface area contributed by atoms with E-state index in [-0.39, 0.29) is 5.54 Å². The molecule has 2 atom stereocenters. The zero-order chi connectivity index (χ0) is 14.5. The highest BCUT2D eigenvalue weighted by Crippen LogP contribution is 2.40. The highest BCUT2D eigenvalue weighted by atomic mass is 16.5. The molecule has 3 rings (SSSR count). The molecule has 122 valence electrons. The van der Waals surface area contributed by atoms with Gasteiger partial charge < -0.3 is 14.2 Å². The first kappa shape index (κ1) is 15.7. The monoisotopic (exact) mass is 298 g/mol. The first-order valence-corrected chi connectivity index (χ1v) is 8.57. The molecule has 0 N–H and O–H groups in total. The second kappa shape index (κ2) is 7.38. The van der Waals surface area contributed by atoms with Gasteiger partial charge in [0.1, 0.15) is 0 Å². The van der Waals surface area contributed by atoms with E-state index >= 15 is 0 Å². The standard InChI is InChI=1S/C16H30N2O3/c1-2-19-14-16-4-3-5-18(16)13-15(12-16)21-11-8-17-6-9-20-10-7-17/h15H,2-14H2,1H3. The van der Waals surface area contributed by atoms with Crippen molar-refractivity contribution in [3.05, 3.63) is 0 Å². The molecule has 0 aromatic rings. The van der Waals surface area contributed by atoms with Crippen molar-refractivity contribution in [1.29, 1.82) is 0 Å². The van der Waals surface area contributed by atoms with Crippen molar-refractivity contribution in [3.63, 3.8) is 0 Å². The Hall–Kier alpha value is -0.200. The predicted octanol–water partition coefficient (Wildman–Crippen LogP) is 0.979. The van der Waals surface area contributed by atoms with Gasteiger partial charge in [0.25, 0.3) is 0 Å². The van der Waals surface area contributed by atoms with E-state index in [1.807, 2.05) is 0 Å². The van der Waals surface area contributed by atoms with Crippen LogP contribution in [-0.4, -0.2) is 87.2 Å². The quantitative estimate of drug-likeness (QED) is 0.700. The Kier molecular flexibility index (Phi) is 5.51. The molecule has 5 heteroatoms. The van der Waals surface area contributed by atoms with Crippen LogP contribution in [0.2, 0.25) is 0 Å². The molecule has 2 unspecified atom stereocenters. The highest BCUT2D eigenvalue weighted by molar-refractivity contribution is 5.04. The molecule has 0 aromatic heterocycles. The van der Waals surface area contributed by atoms with Gasteiger partial charge in [0.15, 0.2) is 0 Å². The van der Waals surface area contributed by atoms with E-state index in [4.69, 9.17) is 14.2 Å². The Morgan fingerprint density at radius 2 is 2.10 bits per heavy atom. The van der Waals surface area contributed by atoms with Gasteiger partial charge in [-0.05, 0) is 32.7 Å². The van der Waals surface area contributed by atoms with Gasteiger partial charge >= 0.3 is 0 Å². The molecule has 0 bridgehead atoms. The number of hydrogen-bond donors (Lipinski definition) is 0. The van der Waals surface area contributed by atoms with Crippen molar-refractivity contribution in [3.8, 4) is 0 Å². The number of nitrogens with zero attached hydrogens (tertiary/aromatic N) is 2. The lowest BCUT2D eigenvalue weighted by atomic mass is 9.94. The van der Waals surface area contributed by atoms with Crippen LogP contribution in [0.25, 0.3) is 0 Å². The predicted molar refractivity (Wildman–Crippen MR) is 81.6 cm³/mol. The van der Waals surface area contributed by atoms with Gasteiger partial charge in [-0.3, -0.25) is 9.80 Å². The zero-order valence-corrected chi connectivity index (χ0v) is 13.4. The summed E-state index contributed by atoms with van der Waals surface area (Å²) in [5, 5.41) is 0. The van der Waals surface area contributed by atoms with Gasteiger partial charge in [0, 0.05) is 38.3 Å². The van der Waals surface area contributed by atoms with E-state index < -0.39 is 0 Å². The van der Waals surface area contributed by atoms with E-state index in [0.29, 0.717) is 6.10 Å². The van der Waals surface area contributed by atoms with Crippen LogP contribution in [0.5, 0.6) is 0 Å². The molecule has 0 aliphatic carbocycles. The Balaban J connectivity index is 1.41. The van der Waals surface area contributed by atoms with Crippen LogP contribution in [-0.2, 0) is 14.2 Å². The summed E-state index contributed by atoms with van der Waals surface area (Å²) in [6.45, 7) is 11.8. The van der Waals surface area contributed by atoms with Crippen LogP contribution in [0.3, 0.4) is 0 Å². The fourth-order valence-corrected chi connectivity index (χ4v) is 4.04. The molecule has 0 spiro atoms. The van der Waals surface area contributed by atoms with Crippen molar-refractivity contribution in [2.45, 2.75) is 37.8 Å². The summed E-state index contributed by atoms with van der Waals surface area (Å²) in [4.78, 5) is 5.05. The van der Waals surface area contributed by atoms with Crippen molar-refractivity contribution in [2.75, 3.05) is 65.8 Å². The minimum atomic E-state index is 0.277. The molecule has 5 nitrogen and oxygen atoms in total. The molecular formula is C16H30N2O3. The summed E-state index contributed by atoms with van der Waals surface area (Å²) in [6, 6.07) is 0. The first-order chi connectivity index (χ1) is 10.3. The summed E-state index contributed by atoms with van der Waals surface area (Å²) in [5.41, 5.74) is 0.277. The van der Waals surface area contributed by atoms with E-state index in [9.17, 15) is 0 Å². The maximum atomic E-state index is 6.17. The zero-order valence-electron chi connectivity index (χ0n) is 13.4. The van der Waals surface area contributed by atoms with Crippen molar-refractivity contribution < 1.29 is 14.2 Å². The molecule has 21 heavy (non-hydrogen) atoms. The summed E-state index contributed by atoms with van der Waals surface area (Å²) in [6.07, 6.45) is 4.13. The third-order valence-corrected chi connectivity index (χ3v) is 5.21. The van der Waals surface area contributed by atoms with Crippen molar-refractivity contribution in [2.24, 2.45) is 0 Å². The van der Waals surface area contributed by atoms with Gasteiger partial charge in [0.05, 0.1) is 32.5 Å². The van der Waals surface area contributed by atoms with Crippen LogP contribution in [0.1, 0.15) is 26.2 Å². The van der Waals surface area contributed by atoms with E-state index in [1.165, 1.54) is 19.4 Å². The van der Waals surface area contributed by atoms with Crippen LogP contribution < -0.4 is 0 Å². The topological polar surface area (TPSA) is 34.2 Å². The summed E-state index contributed by atoms with van der Waals surface area (Å²) < 4.78 is 17.3. The van der Waals surface area contributed by atoms with Crippen LogP contribution in [0.4, 0.5) is 0 Å². The smallest absolute Gasteiger partial charge is 0.0721 e. The number of rotatable bonds is 7. The average Bonchev–Trinajstić information content (AvgIpc) is 3.03. The minimum absolute atomic E-state index is 0.277. The second-order valence-electron chi connectivity index (χ2n) is 6.56. The largest absolute Gasteiger partial charge is 0.380 e. The van der Waals surface area contributed by atoms with Crippen LogP contribution >= 0.6 is 0 Å². The van der Waals surface area contributed by atoms with Gasteiger partial charge in [-0.2, -0.15) is 0 Å². The third kappa shape index (κ3) is 3.77. The normalized spacial score (nSPS) is 34.4. The van der Waals surface area contributed by atoms with Gasteiger partial charge in [0.2, 0.25) is 0 Å². The van der Waals surface area contributed by atoms with E-state index in [2.05, 4.69) is 16.7 Å². The van der Waals surface area contributed by atoms with E-state index in [0.717, 1.165) is 65.6 Å². The molecule has 3 aliphatic rings. The Bertz CT molecular complexity index is 323. The number of hydrogen-bond acceptors (Lipinski definition) is 5. The lowest BCUT2D eigenvalue weighted by Crippen LogP contribution is -2.42. The fourth-order valence-electron chi connectivity index (χ4n) is 4.04. The van der Waals surface area contributed by atoms with Crippen molar-refractivity contribution in [1.82, 2.24) is 9.80 Å². The summed E-state index contributed by atoms with van der Waals surface area (Å²) >= 11 is 0. The fraction of sp³-hybridized carbons (Fsp3) is 1.00. The van der Waals surface area contributed by atoms with Gasteiger partial charge in [-0.15, -0.1) is 0 Å². The molecule has 3 fully saturated rings. The van der Waals surface area contributed by atoms with Gasteiger partial charge in [-0.25, -0.2) is 0 Å². The third-order valence-electron chi connectivity index (χ3n) is 5.21. The number of morpholine rings is 1. The Labute approximate surface area is 128 Å². The summed E-state index contributed by atoms with van der Waals surface area (Å²) in [7, 11) is 0. The molecule has 3 heterocycles. The minimum Gasteiger partial charge on any atom is -0.380 e. The molecule has 0 amide bonds.